The molecule has 1 atom stereocenters. The van der Waals surface area contributed by atoms with Gasteiger partial charge in [0.05, 0.1) is 12.8 Å². The molecular weight excluding hydrogens is 412 g/mol. The van der Waals surface area contributed by atoms with Crippen molar-refractivity contribution in [1.82, 2.24) is 4.31 Å². The molecule has 3 aromatic rings. The molecule has 0 amide bonds. The molecule has 0 radical (unpaired) electrons. The number of ether oxygens (including phenoxy) is 2. The van der Waals surface area contributed by atoms with Gasteiger partial charge in [0, 0.05) is 6.54 Å². The number of nitrogens with zero attached hydrogens (tertiary/aromatic N) is 1. The summed E-state index contributed by atoms with van der Waals surface area (Å²) in [4.78, 5) is 0.264. The van der Waals surface area contributed by atoms with Crippen molar-refractivity contribution in [3.63, 3.8) is 0 Å². The molecule has 0 saturated heterocycles. The number of nitrogens with one attached hydrogen (secondary N) is 1. The Morgan fingerprint density at radius 2 is 1.77 bits per heavy atom. The topological polar surface area (TPSA) is 67.9 Å². The van der Waals surface area contributed by atoms with E-state index in [-0.39, 0.29) is 11.4 Å². The maximum Gasteiger partial charge on any atom is 0.247 e. The number of benzene rings is 3. The third-order valence-electron chi connectivity index (χ3n) is 5.10. The van der Waals surface area contributed by atoms with Crippen molar-refractivity contribution in [3.05, 3.63) is 96.6 Å². The van der Waals surface area contributed by atoms with E-state index in [2.05, 4.69) is 11.9 Å². The van der Waals surface area contributed by atoms with Gasteiger partial charge in [0.25, 0.3) is 0 Å². The lowest BCUT2D eigenvalue weighted by Crippen LogP contribution is -2.42. The molecular formula is C24H24N2O4S. The van der Waals surface area contributed by atoms with Crippen LogP contribution in [0.15, 0.2) is 90.3 Å². The normalized spacial score (nSPS) is 17.3. The van der Waals surface area contributed by atoms with Crippen LogP contribution in [0.4, 0.5) is 5.69 Å². The van der Waals surface area contributed by atoms with E-state index in [4.69, 9.17) is 9.47 Å². The fourth-order valence-corrected chi connectivity index (χ4v) is 5.29. The maximum absolute atomic E-state index is 13.6. The Morgan fingerprint density at radius 3 is 2.52 bits per heavy atom. The Hall–Kier alpha value is -3.29. The van der Waals surface area contributed by atoms with Gasteiger partial charge in [-0.05, 0) is 35.4 Å². The highest BCUT2D eigenvalue weighted by molar-refractivity contribution is 7.89. The minimum Gasteiger partial charge on any atom is -0.493 e. The molecule has 1 N–H and O–H groups in total. The summed E-state index contributed by atoms with van der Waals surface area (Å²) in [5, 5.41) is 3.39. The standard InChI is InChI=1S/C24H24N2O4S/c1-3-15-30-21-14-13-19(16-22(21)29-2)24-25-20-11-7-8-12-23(20)31(27,28)26(24)17-18-9-5-4-6-10-18/h3-14,16,24-25H,1,15,17H2,2H3/t24-/m0/s1. The van der Waals surface area contributed by atoms with Crippen molar-refractivity contribution in [2.24, 2.45) is 0 Å². The predicted molar refractivity (Wildman–Crippen MR) is 121 cm³/mol. The molecule has 0 unspecified atom stereocenters. The van der Waals surface area contributed by atoms with Crippen LogP contribution in [0.1, 0.15) is 17.3 Å². The Labute approximate surface area is 182 Å². The number of rotatable bonds is 7. The van der Waals surface area contributed by atoms with Crippen LogP contribution < -0.4 is 14.8 Å². The summed E-state index contributed by atoms with van der Waals surface area (Å²) in [6.07, 6.45) is 1.05. The molecule has 160 valence electrons. The molecule has 1 aliphatic rings. The quantitative estimate of drug-likeness (QED) is 0.550. The minimum atomic E-state index is -3.74. The zero-order valence-corrected chi connectivity index (χ0v) is 18.0. The number of anilines is 1. The third-order valence-corrected chi connectivity index (χ3v) is 6.96. The molecule has 0 fully saturated rings. The van der Waals surface area contributed by atoms with E-state index in [1.54, 1.807) is 43.5 Å². The van der Waals surface area contributed by atoms with Crippen molar-refractivity contribution < 1.29 is 17.9 Å². The Kier molecular flexibility index (Phi) is 5.97. The highest BCUT2D eigenvalue weighted by Gasteiger charge is 2.39. The van der Waals surface area contributed by atoms with Gasteiger partial charge >= 0.3 is 0 Å². The van der Waals surface area contributed by atoms with E-state index >= 15 is 0 Å². The number of hydrogen-bond acceptors (Lipinski definition) is 5. The summed E-state index contributed by atoms with van der Waals surface area (Å²) in [5.41, 5.74) is 2.22. The van der Waals surface area contributed by atoms with Gasteiger partial charge in [0.1, 0.15) is 17.7 Å². The van der Waals surface area contributed by atoms with Gasteiger partial charge in [-0.25, -0.2) is 8.42 Å². The fraction of sp³-hybridized carbons (Fsp3) is 0.167. The van der Waals surface area contributed by atoms with E-state index in [9.17, 15) is 8.42 Å². The predicted octanol–water partition coefficient (Wildman–Crippen LogP) is 4.58. The highest BCUT2D eigenvalue weighted by Crippen LogP contribution is 2.41. The third kappa shape index (κ3) is 4.15. The van der Waals surface area contributed by atoms with Gasteiger partial charge in [-0.15, -0.1) is 0 Å². The van der Waals surface area contributed by atoms with Crippen molar-refractivity contribution in [1.29, 1.82) is 0 Å². The van der Waals surface area contributed by atoms with Gasteiger partial charge in [-0.3, -0.25) is 0 Å². The number of fused-ring (bicyclic) bond motifs is 1. The maximum atomic E-state index is 13.6. The van der Waals surface area contributed by atoms with Crippen LogP contribution in [0.3, 0.4) is 0 Å². The van der Waals surface area contributed by atoms with Gasteiger partial charge in [-0.2, -0.15) is 4.31 Å². The number of para-hydroxylation sites is 1. The summed E-state index contributed by atoms with van der Waals surface area (Å²) < 4.78 is 39.8. The SMILES string of the molecule is C=CCOc1ccc([C@H]2Nc3ccccc3S(=O)(=O)N2Cc2ccccc2)cc1OC. The summed E-state index contributed by atoms with van der Waals surface area (Å²) in [6.45, 7) is 4.24. The lowest BCUT2D eigenvalue weighted by molar-refractivity contribution is 0.320. The van der Waals surface area contributed by atoms with Crippen LogP contribution >= 0.6 is 0 Å². The van der Waals surface area contributed by atoms with Gasteiger partial charge in [0.15, 0.2) is 11.5 Å². The minimum absolute atomic E-state index is 0.228. The zero-order chi connectivity index (χ0) is 21.8. The molecule has 1 aliphatic heterocycles. The summed E-state index contributed by atoms with van der Waals surface area (Å²) >= 11 is 0. The first-order chi connectivity index (χ1) is 15.0. The van der Waals surface area contributed by atoms with Crippen LogP contribution in [0.2, 0.25) is 0 Å². The highest BCUT2D eigenvalue weighted by atomic mass is 32.2. The van der Waals surface area contributed by atoms with E-state index in [0.717, 1.165) is 11.1 Å². The molecule has 0 aliphatic carbocycles. The van der Waals surface area contributed by atoms with E-state index < -0.39 is 16.2 Å². The van der Waals surface area contributed by atoms with Crippen molar-refractivity contribution in [2.75, 3.05) is 19.0 Å². The van der Waals surface area contributed by atoms with Gasteiger partial charge in [0.2, 0.25) is 10.0 Å². The average molecular weight is 437 g/mol. The lowest BCUT2D eigenvalue weighted by Gasteiger charge is -2.37. The second-order valence-electron chi connectivity index (χ2n) is 7.09. The number of methoxy groups -OCH3 is 1. The molecule has 7 heteroatoms. The first-order valence-electron chi connectivity index (χ1n) is 9.87. The molecule has 4 rings (SSSR count). The molecule has 3 aromatic carbocycles. The zero-order valence-electron chi connectivity index (χ0n) is 17.2. The van der Waals surface area contributed by atoms with Gasteiger partial charge < -0.3 is 14.8 Å². The average Bonchev–Trinajstić information content (AvgIpc) is 2.80. The van der Waals surface area contributed by atoms with Gasteiger partial charge in [-0.1, -0.05) is 61.2 Å². The van der Waals surface area contributed by atoms with Crippen LogP contribution in [0, 0.1) is 0 Å². The molecule has 0 saturated carbocycles. The van der Waals surface area contributed by atoms with E-state index in [1.807, 2.05) is 42.5 Å². The Balaban J connectivity index is 1.79. The van der Waals surface area contributed by atoms with Crippen molar-refractivity contribution >= 4 is 15.7 Å². The van der Waals surface area contributed by atoms with Crippen molar-refractivity contribution in [2.45, 2.75) is 17.6 Å². The molecule has 0 bridgehead atoms. The molecule has 0 aromatic heterocycles. The summed E-state index contributed by atoms with van der Waals surface area (Å²) in [5.74, 6) is 1.09. The molecule has 1 heterocycles. The van der Waals surface area contributed by atoms with Crippen LogP contribution in [-0.2, 0) is 16.6 Å². The Morgan fingerprint density at radius 1 is 1.03 bits per heavy atom. The smallest absolute Gasteiger partial charge is 0.247 e. The van der Waals surface area contributed by atoms with E-state index in [0.29, 0.717) is 23.8 Å². The Bertz CT molecular complexity index is 1180. The number of sulfonamides is 1. The van der Waals surface area contributed by atoms with Crippen LogP contribution in [0.5, 0.6) is 11.5 Å². The largest absolute Gasteiger partial charge is 0.493 e. The van der Waals surface area contributed by atoms with Crippen LogP contribution in [-0.4, -0.2) is 26.4 Å². The van der Waals surface area contributed by atoms with Crippen molar-refractivity contribution in [3.8, 4) is 11.5 Å². The molecule has 0 spiro atoms. The molecule has 6 nitrogen and oxygen atoms in total. The van der Waals surface area contributed by atoms with Crippen LogP contribution in [0.25, 0.3) is 0 Å². The summed E-state index contributed by atoms with van der Waals surface area (Å²) in [7, 11) is -2.18. The summed E-state index contributed by atoms with van der Waals surface area (Å²) in [6, 6.07) is 21.9. The first kappa shape index (κ1) is 21.0. The number of hydrogen-bond donors (Lipinski definition) is 1. The van der Waals surface area contributed by atoms with E-state index in [1.165, 1.54) is 4.31 Å². The molecule has 31 heavy (non-hydrogen) atoms. The second kappa shape index (κ2) is 8.83. The lowest BCUT2D eigenvalue weighted by atomic mass is 10.1. The second-order valence-corrected chi connectivity index (χ2v) is 8.95. The fourth-order valence-electron chi connectivity index (χ4n) is 3.61. The monoisotopic (exact) mass is 436 g/mol. The first-order valence-corrected chi connectivity index (χ1v) is 11.3.